The quantitative estimate of drug-likeness (QED) is 0.739. The number of aromatic nitrogens is 2. The summed E-state index contributed by atoms with van der Waals surface area (Å²) in [5.41, 5.74) is 2.55. The molecule has 0 aliphatic carbocycles. The lowest BCUT2D eigenvalue weighted by atomic mass is 10.1. The van der Waals surface area contributed by atoms with Crippen LogP contribution in [0.5, 0.6) is 0 Å². The fourth-order valence-corrected chi connectivity index (χ4v) is 2.21. The topological polar surface area (TPSA) is 51.3 Å². The SMILES string of the molecule is CN(Cc1ccccc1-n1cccn1)C(=O)c1ccoc1. The minimum atomic E-state index is -0.0704. The van der Waals surface area contributed by atoms with Crippen LogP contribution >= 0.6 is 0 Å². The van der Waals surface area contributed by atoms with Gasteiger partial charge in [-0.1, -0.05) is 18.2 Å². The number of hydrogen-bond donors (Lipinski definition) is 0. The van der Waals surface area contributed by atoms with Gasteiger partial charge in [-0.05, 0) is 23.8 Å². The van der Waals surface area contributed by atoms with Crippen molar-refractivity contribution in [2.45, 2.75) is 6.54 Å². The molecule has 21 heavy (non-hydrogen) atoms. The van der Waals surface area contributed by atoms with Crippen molar-refractivity contribution in [3.8, 4) is 5.69 Å². The highest BCUT2D eigenvalue weighted by Gasteiger charge is 2.15. The number of benzene rings is 1. The third-order valence-electron chi connectivity index (χ3n) is 3.27. The standard InChI is InChI=1S/C16H15N3O2/c1-18(16(20)14-7-10-21-12-14)11-13-5-2-3-6-15(13)19-9-4-8-17-19/h2-10,12H,11H2,1H3. The summed E-state index contributed by atoms with van der Waals surface area (Å²) in [5.74, 6) is -0.0704. The van der Waals surface area contributed by atoms with Gasteiger partial charge in [0.25, 0.3) is 5.91 Å². The van der Waals surface area contributed by atoms with Gasteiger partial charge >= 0.3 is 0 Å². The van der Waals surface area contributed by atoms with E-state index >= 15 is 0 Å². The van der Waals surface area contributed by atoms with E-state index in [-0.39, 0.29) is 5.91 Å². The van der Waals surface area contributed by atoms with E-state index in [1.807, 2.05) is 36.5 Å². The molecular formula is C16H15N3O2. The van der Waals surface area contributed by atoms with Crippen molar-refractivity contribution in [2.24, 2.45) is 0 Å². The number of carbonyl (C=O) groups excluding carboxylic acids is 1. The normalized spacial score (nSPS) is 10.5. The molecule has 0 spiro atoms. The first-order valence-electron chi connectivity index (χ1n) is 6.61. The Bertz CT molecular complexity index is 718. The zero-order valence-electron chi connectivity index (χ0n) is 11.6. The number of carbonyl (C=O) groups is 1. The van der Waals surface area contributed by atoms with Gasteiger partial charge in [0.15, 0.2) is 0 Å². The molecule has 0 atom stereocenters. The fourth-order valence-electron chi connectivity index (χ4n) is 2.21. The molecule has 0 fully saturated rings. The summed E-state index contributed by atoms with van der Waals surface area (Å²) in [4.78, 5) is 13.9. The first-order valence-corrected chi connectivity index (χ1v) is 6.61. The molecule has 0 bridgehead atoms. The van der Waals surface area contributed by atoms with E-state index in [4.69, 9.17) is 4.42 Å². The van der Waals surface area contributed by atoms with Crippen LogP contribution in [0.2, 0.25) is 0 Å². The molecule has 2 heterocycles. The van der Waals surface area contributed by atoms with Crippen molar-refractivity contribution in [3.05, 3.63) is 72.4 Å². The summed E-state index contributed by atoms with van der Waals surface area (Å²) in [6.07, 6.45) is 6.57. The predicted molar refractivity (Wildman–Crippen MR) is 78.1 cm³/mol. The third kappa shape index (κ3) is 2.72. The Morgan fingerprint density at radius 2 is 2.14 bits per heavy atom. The van der Waals surface area contributed by atoms with Crippen LogP contribution in [0.25, 0.3) is 5.69 Å². The molecule has 3 rings (SSSR count). The molecule has 0 unspecified atom stereocenters. The van der Waals surface area contributed by atoms with E-state index in [0.717, 1.165) is 11.3 Å². The van der Waals surface area contributed by atoms with Crippen molar-refractivity contribution in [1.82, 2.24) is 14.7 Å². The van der Waals surface area contributed by atoms with Crippen LogP contribution in [0.3, 0.4) is 0 Å². The second-order valence-electron chi connectivity index (χ2n) is 4.75. The average Bonchev–Trinajstić information content (AvgIpc) is 3.20. The highest BCUT2D eigenvalue weighted by Crippen LogP contribution is 2.16. The number of para-hydroxylation sites is 1. The maximum Gasteiger partial charge on any atom is 0.257 e. The van der Waals surface area contributed by atoms with Crippen molar-refractivity contribution in [3.63, 3.8) is 0 Å². The molecule has 0 saturated heterocycles. The summed E-state index contributed by atoms with van der Waals surface area (Å²) >= 11 is 0. The summed E-state index contributed by atoms with van der Waals surface area (Å²) in [6.45, 7) is 0.500. The molecule has 5 heteroatoms. The number of amides is 1. The molecule has 0 saturated carbocycles. The van der Waals surface area contributed by atoms with Crippen molar-refractivity contribution >= 4 is 5.91 Å². The zero-order chi connectivity index (χ0) is 14.7. The van der Waals surface area contributed by atoms with Gasteiger partial charge in [0.1, 0.15) is 6.26 Å². The molecule has 1 aromatic carbocycles. The second-order valence-corrected chi connectivity index (χ2v) is 4.75. The summed E-state index contributed by atoms with van der Waals surface area (Å²) < 4.78 is 6.75. The molecule has 0 N–H and O–H groups in total. The Hall–Kier alpha value is -2.82. The Kier molecular flexibility index (Phi) is 3.55. The van der Waals surface area contributed by atoms with Gasteiger partial charge in [-0.25, -0.2) is 4.68 Å². The van der Waals surface area contributed by atoms with Crippen molar-refractivity contribution in [2.75, 3.05) is 7.05 Å². The Morgan fingerprint density at radius 3 is 2.86 bits per heavy atom. The van der Waals surface area contributed by atoms with Gasteiger partial charge in [-0.3, -0.25) is 4.79 Å². The van der Waals surface area contributed by atoms with E-state index in [1.165, 1.54) is 12.5 Å². The largest absolute Gasteiger partial charge is 0.472 e. The van der Waals surface area contributed by atoms with E-state index in [2.05, 4.69) is 5.10 Å². The second kappa shape index (κ2) is 5.66. The van der Waals surface area contributed by atoms with E-state index in [0.29, 0.717) is 12.1 Å². The average molecular weight is 281 g/mol. The highest BCUT2D eigenvalue weighted by molar-refractivity contribution is 5.93. The van der Waals surface area contributed by atoms with Crippen LogP contribution in [0, 0.1) is 0 Å². The fraction of sp³-hybridized carbons (Fsp3) is 0.125. The van der Waals surface area contributed by atoms with E-state index < -0.39 is 0 Å². The zero-order valence-corrected chi connectivity index (χ0v) is 11.6. The van der Waals surface area contributed by atoms with Crippen molar-refractivity contribution in [1.29, 1.82) is 0 Å². The van der Waals surface area contributed by atoms with Crippen LogP contribution in [0.4, 0.5) is 0 Å². The van der Waals surface area contributed by atoms with Gasteiger partial charge < -0.3 is 9.32 Å². The molecular weight excluding hydrogens is 266 g/mol. The third-order valence-corrected chi connectivity index (χ3v) is 3.27. The molecule has 1 amide bonds. The van der Waals surface area contributed by atoms with Crippen LogP contribution in [0.15, 0.2) is 65.7 Å². The first-order chi connectivity index (χ1) is 10.3. The number of hydrogen-bond acceptors (Lipinski definition) is 3. The highest BCUT2D eigenvalue weighted by atomic mass is 16.3. The first kappa shape index (κ1) is 13.2. The molecule has 5 nitrogen and oxygen atoms in total. The minimum absolute atomic E-state index is 0.0704. The van der Waals surface area contributed by atoms with Crippen LogP contribution in [0.1, 0.15) is 15.9 Å². The van der Waals surface area contributed by atoms with E-state index in [9.17, 15) is 4.79 Å². The number of nitrogens with zero attached hydrogens (tertiary/aromatic N) is 3. The summed E-state index contributed by atoms with van der Waals surface area (Å²) in [7, 11) is 1.77. The molecule has 0 radical (unpaired) electrons. The van der Waals surface area contributed by atoms with Gasteiger partial charge in [-0.15, -0.1) is 0 Å². The Labute approximate surface area is 122 Å². The molecule has 0 aliphatic heterocycles. The smallest absolute Gasteiger partial charge is 0.257 e. The van der Waals surface area contributed by atoms with Crippen LogP contribution < -0.4 is 0 Å². The molecule has 106 valence electrons. The monoisotopic (exact) mass is 281 g/mol. The van der Waals surface area contributed by atoms with E-state index in [1.54, 1.807) is 28.9 Å². The van der Waals surface area contributed by atoms with Gasteiger partial charge in [0.2, 0.25) is 0 Å². The summed E-state index contributed by atoms with van der Waals surface area (Å²) in [5, 5.41) is 4.25. The number of furan rings is 1. The van der Waals surface area contributed by atoms with Gasteiger partial charge in [0.05, 0.1) is 17.5 Å². The Balaban J connectivity index is 1.84. The lowest BCUT2D eigenvalue weighted by molar-refractivity contribution is 0.0784. The number of rotatable bonds is 4. The lowest BCUT2D eigenvalue weighted by Crippen LogP contribution is -2.26. The van der Waals surface area contributed by atoms with Crippen LogP contribution in [-0.2, 0) is 6.54 Å². The maximum atomic E-state index is 12.3. The van der Waals surface area contributed by atoms with Crippen molar-refractivity contribution < 1.29 is 9.21 Å². The Morgan fingerprint density at radius 1 is 1.29 bits per heavy atom. The van der Waals surface area contributed by atoms with Gasteiger partial charge in [-0.2, -0.15) is 5.10 Å². The molecule has 0 aliphatic rings. The predicted octanol–water partition coefficient (Wildman–Crippen LogP) is 2.74. The summed E-state index contributed by atoms with van der Waals surface area (Å²) in [6, 6.07) is 11.4. The lowest BCUT2D eigenvalue weighted by Gasteiger charge is -2.18. The molecule has 3 aromatic rings. The molecule has 2 aromatic heterocycles. The maximum absolute atomic E-state index is 12.3. The van der Waals surface area contributed by atoms with Gasteiger partial charge in [0, 0.05) is 26.0 Å². The van der Waals surface area contributed by atoms with Crippen LogP contribution in [-0.4, -0.2) is 27.6 Å². The minimum Gasteiger partial charge on any atom is -0.472 e.